The summed E-state index contributed by atoms with van der Waals surface area (Å²) in [5.41, 5.74) is 0. The van der Waals surface area contributed by atoms with Crippen molar-refractivity contribution in [2.75, 3.05) is 0 Å². The molecule has 12 nitrogen and oxygen atoms in total. The number of hydrogen-bond donors (Lipinski definition) is 6. The highest BCUT2D eigenvalue weighted by molar-refractivity contribution is 5.95. The molecule has 1 heterocycles. The number of carbonyl (C=O) groups is 6. The fourth-order valence-electron chi connectivity index (χ4n) is 2.42. The third-order valence-electron chi connectivity index (χ3n) is 3.85. The third kappa shape index (κ3) is 7.71. The molecular weight excluding hydrogens is 366 g/mol. The van der Waals surface area contributed by atoms with Crippen LogP contribution in [0.4, 0.5) is 0 Å². The molecule has 1 saturated heterocycles. The van der Waals surface area contributed by atoms with Crippen molar-refractivity contribution in [2.45, 2.75) is 56.7 Å². The smallest absolute Gasteiger partial charge is 0.326 e. The van der Waals surface area contributed by atoms with E-state index < -0.39 is 60.7 Å². The molecule has 0 unspecified atom stereocenters. The molecule has 0 spiro atoms. The van der Waals surface area contributed by atoms with Crippen molar-refractivity contribution >= 4 is 35.6 Å². The molecule has 0 bridgehead atoms. The summed E-state index contributed by atoms with van der Waals surface area (Å²) in [5, 5.41) is 33.3. The normalized spacial score (nSPS) is 18.1. The van der Waals surface area contributed by atoms with E-state index in [1.807, 2.05) is 0 Å². The first-order valence-electron chi connectivity index (χ1n) is 8.16. The maximum absolute atomic E-state index is 12.3. The van der Waals surface area contributed by atoms with Crippen molar-refractivity contribution in [2.24, 2.45) is 0 Å². The lowest BCUT2D eigenvalue weighted by atomic mass is 10.1. The number of rotatable bonds is 11. The SMILES string of the molecule is O=C(O)CC[C@H](NC(=O)[C@H](CCC(=O)O)NC(=O)[C@@H]1CCC(=O)N1)C(=O)O. The standard InChI is InChI=1S/C15H21N3O9/c19-10-4-1-7(16-10)13(24)17-8(2-5-11(20)21)14(25)18-9(15(26)27)3-6-12(22)23/h7-9H,1-6H2,(H,16,19)(H,17,24)(H,18,25)(H,20,21)(H,22,23)(H,26,27)/t7-,8-,9-/m0/s1. The Morgan fingerprint density at radius 1 is 0.963 bits per heavy atom. The summed E-state index contributed by atoms with van der Waals surface area (Å²) >= 11 is 0. The molecule has 3 atom stereocenters. The number of hydrogen-bond acceptors (Lipinski definition) is 6. The van der Waals surface area contributed by atoms with Crippen LogP contribution in [0.1, 0.15) is 38.5 Å². The van der Waals surface area contributed by atoms with Crippen LogP contribution >= 0.6 is 0 Å². The Morgan fingerprint density at radius 2 is 1.52 bits per heavy atom. The second kappa shape index (κ2) is 10.1. The van der Waals surface area contributed by atoms with Crippen LogP contribution in [0.5, 0.6) is 0 Å². The van der Waals surface area contributed by atoms with Gasteiger partial charge in [-0.25, -0.2) is 4.79 Å². The zero-order chi connectivity index (χ0) is 20.6. The maximum atomic E-state index is 12.3. The Labute approximate surface area is 153 Å². The molecule has 1 aliphatic rings. The molecule has 0 saturated carbocycles. The number of carbonyl (C=O) groups excluding carboxylic acids is 3. The van der Waals surface area contributed by atoms with Crippen LogP contribution in [-0.2, 0) is 28.8 Å². The van der Waals surface area contributed by atoms with Crippen molar-refractivity contribution in [1.29, 1.82) is 0 Å². The second-order valence-corrected chi connectivity index (χ2v) is 5.98. The van der Waals surface area contributed by atoms with Crippen LogP contribution in [0, 0.1) is 0 Å². The van der Waals surface area contributed by atoms with E-state index in [0.717, 1.165) is 0 Å². The van der Waals surface area contributed by atoms with Crippen LogP contribution in [0.15, 0.2) is 0 Å². The molecular formula is C15H21N3O9. The minimum Gasteiger partial charge on any atom is -0.481 e. The van der Waals surface area contributed by atoms with Crippen LogP contribution in [-0.4, -0.2) is 69.1 Å². The van der Waals surface area contributed by atoms with Crippen LogP contribution in [0.25, 0.3) is 0 Å². The Kier molecular flexibility index (Phi) is 8.17. The minimum absolute atomic E-state index is 0.139. The average Bonchev–Trinajstić information content (AvgIpc) is 3.00. The topological polar surface area (TPSA) is 199 Å². The van der Waals surface area contributed by atoms with Gasteiger partial charge in [0.2, 0.25) is 17.7 Å². The molecule has 1 fully saturated rings. The molecule has 3 amide bonds. The molecule has 0 aromatic heterocycles. The summed E-state index contributed by atoms with van der Waals surface area (Å²) in [6, 6.07) is -3.72. The Hall–Kier alpha value is -3.18. The fraction of sp³-hybridized carbons (Fsp3) is 0.600. The van der Waals surface area contributed by atoms with E-state index in [9.17, 15) is 28.8 Å². The highest BCUT2D eigenvalue weighted by Gasteiger charge is 2.32. The lowest BCUT2D eigenvalue weighted by molar-refractivity contribution is -0.144. The van der Waals surface area contributed by atoms with Gasteiger partial charge in [0.25, 0.3) is 0 Å². The zero-order valence-electron chi connectivity index (χ0n) is 14.3. The van der Waals surface area contributed by atoms with Crippen LogP contribution < -0.4 is 16.0 Å². The van der Waals surface area contributed by atoms with Crippen molar-refractivity contribution in [1.82, 2.24) is 16.0 Å². The Balaban J connectivity index is 2.77. The van der Waals surface area contributed by atoms with Gasteiger partial charge in [-0.05, 0) is 19.3 Å². The summed E-state index contributed by atoms with van der Waals surface area (Å²) < 4.78 is 0. The molecule has 0 aliphatic carbocycles. The number of aliphatic carboxylic acids is 3. The Morgan fingerprint density at radius 3 is 1.96 bits per heavy atom. The molecule has 6 N–H and O–H groups in total. The lowest BCUT2D eigenvalue weighted by Crippen LogP contribution is -2.54. The lowest BCUT2D eigenvalue weighted by Gasteiger charge is -2.22. The van der Waals surface area contributed by atoms with Gasteiger partial charge in [-0.2, -0.15) is 0 Å². The minimum atomic E-state index is -1.51. The molecule has 12 heteroatoms. The number of amides is 3. The number of carboxylic acid groups (broad SMARTS) is 3. The summed E-state index contributed by atoms with van der Waals surface area (Å²) in [4.78, 5) is 68.1. The van der Waals surface area contributed by atoms with E-state index in [-0.39, 0.29) is 31.6 Å². The zero-order valence-corrected chi connectivity index (χ0v) is 14.3. The van der Waals surface area contributed by atoms with E-state index in [1.54, 1.807) is 0 Å². The fourth-order valence-corrected chi connectivity index (χ4v) is 2.42. The predicted octanol–water partition coefficient (Wildman–Crippen LogP) is -1.95. The Bertz CT molecular complexity index is 634. The molecule has 1 aliphatic heterocycles. The summed E-state index contributed by atoms with van der Waals surface area (Å²) in [5.74, 6) is -5.91. The highest BCUT2D eigenvalue weighted by Crippen LogP contribution is 2.08. The van der Waals surface area contributed by atoms with E-state index >= 15 is 0 Å². The summed E-state index contributed by atoms with van der Waals surface area (Å²) in [6.07, 6.45) is -1.30. The van der Waals surface area contributed by atoms with Gasteiger partial charge >= 0.3 is 17.9 Å². The summed E-state index contributed by atoms with van der Waals surface area (Å²) in [7, 11) is 0. The van der Waals surface area contributed by atoms with Crippen molar-refractivity contribution in [3.8, 4) is 0 Å². The van der Waals surface area contributed by atoms with E-state index in [4.69, 9.17) is 15.3 Å². The third-order valence-corrected chi connectivity index (χ3v) is 3.85. The molecule has 27 heavy (non-hydrogen) atoms. The van der Waals surface area contributed by atoms with Crippen LogP contribution in [0.3, 0.4) is 0 Å². The quantitative estimate of drug-likeness (QED) is 0.233. The monoisotopic (exact) mass is 387 g/mol. The van der Waals surface area contributed by atoms with Gasteiger partial charge < -0.3 is 31.3 Å². The highest BCUT2D eigenvalue weighted by atomic mass is 16.4. The first kappa shape index (κ1) is 21.9. The maximum Gasteiger partial charge on any atom is 0.326 e. The summed E-state index contributed by atoms with van der Waals surface area (Å²) in [6.45, 7) is 0. The molecule has 0 aromatic rings. The largest absolute Gasteiger partial charge is 0.481 e. The van der Waals surface area contributed by atoms with E-state index in [1.165, 1.54) is 0 Å². The van der Waals surface area contributed by atoms with E-state index in [2.05, 4.69) is 16.0 Å². The van der Waals surface area contributed by atoms with E-state index in [0.29, 0.717) is 0 Å². The molecule has 150 valence electrons. The number of carboxylic acids is 3. The predicted molar refractivity (Wildman–Crippen MR) is 86.4 cm³/mol. The van der Waals surface area contributed by atoms with Gasteiger partial charge in [-0.1, -0.05) is 0 Å². The molecule has 0 aromatic carbocycles. The second-order valence-electron chi connectivity index (χ2n) is 5.98. The first-order valence-corrected chi connectivity index (χ1v) is 8.16. The van der Waals surface area contributed by atoms with Gasteiger partial charge in [-0.15, -0.1) is 0 Å². The van der Waals surface area contributed by atoms with Crippen molar-refractivity contribution in [3.05, 3.63) is 0 Å². The average molecular weight is 387 g/mol. The van der Waals surface area contributed by atoms with Gasteiger partial charge in [0.05, 0.1) is 0 Å². The van der Waals surface area contributed by atoms with Gasteiger partial charge in [0.15, 0.2) is 0 Å². The first-order chi connectivity index (χ1) is 12.6. The van der Waals surface area contributed by atoms with Gasteiger partial charge in [0, 0.05) is 19.3 Å². The number of nitrogens with one attached hydrogen (secondary N) is 3. The van der Waals surface area contributed by atoms with Crippen molar-refractivity contribution in [3.63, 3.8) is 0 Å². The van der Waals surface area contributed by atoms with Crippen molar-refractivity contribution < 1.29 is 44.1 Å². The molecule has 0 radical (unpaired) electrons. The van der Waals surface area contributed by atoms with Crippen LogP contribution in [0.2, 0.25) is 0 Å². The molecule has 1 rings (SSSR count). The van der Waals surface area contributed by atoms with Gasteiger partial charge in [0.1, 0.15) is 18.1 Å². The van der Waals surface area contributed by atoms with Gasteiger partial charge in [-0.3, -0.25) is 24.0 Å².